The lowest BCUT2D eigenvalue weighted by molar-refractivity contribution is 0.425. The van der Waals surface area contributed by atoms with E-state index in [1.807, 2.05) is 0 Å². The van der Waals surface area contributed by atoms with Gasteiger partial charge in [0.15, 0.2) is 0 Å². The third-order valence-corrected chi connectivity index (χ3v) is 3.31. The molecule has 18 heavy (non-hydrogen) atoms. The molecule has 0 aliphatic rings. The predicted octanol–water partition coefficient (Wildman–Crippen LogP) is 0.588. The molecule has 1 heterocycles. The Morgan fingerprint density at radius 3 is 2.78 bits per heavy atom. The van der Waals surface area contributed by atoms with Crippen molar-refractivity contribution in [3.63, 3.8) is 0 Å². The normalized spacial score (nSPS) is 10.4. The second-order valence-electron chi connectivity index (χ2n) is 3.55. The van der Waals surface area contributed by atoms with Gasteiger partial charge in [0.05, 0.1) is 5.03 Å². The Balaban J connectivity index is 2.14. The van der Waals surface area contributed by atoms with E-state index in [0.29, 0.717) is 11.3 Å². The van der Waals surface area contributed by atoms with Gasteiger partial charge in [0.25, 0.3) is 0 Å². The molecule has 0 spiro atoms. The van der Waals surface area contributed by atoms with E-state index in [1.165, 1.54) is 30.2 Å². The summed E-state index contributed by atoms with van der Waals surface area (Å²) in [6, 6.07) is 5.71. The van der Waals surface area contributed by atoms with Crippen molar-refractivity contribution in [1.82, 2.24) is 9.97 Å². The number of benzene rings is 1. The van der Waals surface area contributed by atoms with Crippen molar-refractivity contribution in [1.29, 1.82) is 0 Å². The topological polar surface area (TPSA) is 66.2 Å². The zero-order valence-electron chi connectivity index (χ0n) is 9.32. The quantitative estimate of drug-likeness (QED) is 0.480. The number of halogens is 1. The van der Waals surface area contributed by atoms with Crippen LogP contribution < -0.4 is 5.46 Å². The molecule has 0 saturated heterocycles. The fourth-order valence-corrected chi connectivity index (χ4v) is 2.30. The van der Waals surface area contributed by atoms with Crippen molar-refractivity contribution in [2.24, 2.45) is 0 Å². The highest BCUT2D eigenvalue weighted by Crippen LogP contribution is 2.19. The van der Waals surface area contributed by atoms with E-state index in [4.69, 9.17) is 0 Å². The van der Waals surface area contributed by atoms with Crippen molar-refractivity contribution in [2.75, 3.05) is 0 Å². The zero-order valence-corrected chi connectivity index (χ0v) is 10.1. The van der Waals surface area contributed by atoms with Crippen molar-refractivity contribution < 1.29 is 14.4 Å². The van der Waals surface area contributed by atoms with Crippen LogP contribution in [-0.2, 0) is 5.75 Å². The van der Waals surface area contributed by atoms with Crippen LogP contribution in [0.4, 0.5) is 4.39 Å². The first-order chi connectivity index (χ1) is 8.66. The van der Waals surface area contributed by atoms with E-state index in [2.05, 4.69) is 9.97 Å². The van der Waals surface area contributed by atoms with Crippen LogP contribution in [0.15, 0.2) is 41.8 Å². The molecule has 0 amide bonds. The van der Waals surface area contributed by atoms with Gasteiger partial charge in [0, 0.05) is 11.9 Å². The largest absolute Gasteiger partial charge is 0.488 e. The van der Waals surface area contributed by atoms with Gasteiger partial charge in [-0.25, -0.2) is 14.4 Å². The zero-order chi connectivity index (χ0) is 13.0. The summed E-state index contributed by atoms with van der Waals surface area (Å²) in [7, 11) is -1.68. The Morgan fingerprint density at radius 2 is 2.11 bits per heavy atom. The van der Waals surface area contributed by atoms with Crippen molar-refractivity contribution in [2.45, 2.75) is 10.8 Å². The van der Waals surface area contributed by atoms with Crippen LogP contribution in [0.2, 0.25) is 0 Å². The van der Waals surface area contributed by atoms with E-state index >= 15 is 0 Å². The summed E-state index contributed by atoms with van der Waals surface area (Å²) in [4.78, 5) is 7.84. The Kier molecular flexibility index (Phi) is 4.30. The molecule has 0 fully saturated rings. The molecule has 0 saturated carbocycles. The minimum absolute atomic E-state index is 0.177. The minimum atomic E-state index is -1.68. The summed E-state index contributed by atoms with van der Waals surface area (Å²) < 4.78 is 13.0. The summed E-state index contributed by atoms with van der Waals surface area (Å²) in [6.07, 6.45) is 3.07. The molecule has 2 N–H and O–H groups in total. The molecular weight excluding hydrogens is 254 g/mol. The molecule has 4 nitrogen and oxygen atoms in total. The molecule has 0 aliphatic carbocycles. The van der Waals surface area contributed by atoms with Crippen LogP contribution in [0.1, 0.15) is 5.56 Å². The lowest BCUT2D eigenvalue weighted by atomic mass is 9.77. The van der Waals surface area contributed by atoms with Crippen molar-refractivity contribution in [3.05, 3.63) is 48.2 Å². The van der Waals surface area contributed by atoms with E-state index in [1.54, 1.807) is 12.3 Å². The highest BCUT2D eigenvalue weighted by atomic mass is 32.2. The van der Waals surface area contributed by atoms with Crippen LogP contribution in [0, 0.1) is 5.82 Å². The Hall–Kier alpha value is -1.44. The van der Waals surface area contributed by atoms with Gasteiger partial charge in [-0.05, 0) is 29.2 Å². The number of hydrogen-bond donors (Lipinski definition) is 2. The number of nitrogens with zero attached hydrogens (tertiary/aromatic N) is 2. The molecule has 0 aliphatic heterocycles. The summed E-state index contributed by atoms with van der Waals surface area (Å²) >= 11 is 1.42. The number of thioether (sulfide) groups is 1. The average Bonchev–Trinajstić information content (AvgIpc) is 2.38. The van der Waals surface area contributed by atoms with Gasteiger partial charge in [-0.1, -0.05) is 6.07 Å². The van der Waals surface area contributed by atoms with Crippen LogP contribution >= 0.6 is 11.8 Å². The van der Waals surface area contributed by atoms with Gasteiger partial charge in [-0.15, -0.1) is 11.8 Å². The SMILES string of the molecule is OB(O)c1cc(F)ccc1CSc1ccncn1. The number of rotatable bonds is 4. The predicted molar refractivity (Wildman–Crippen MR) is 67.8 cm³/mol. The van der Waals surface area contributed by atoms with E-state index in [9.17, 15) is 14.4 Å². The van der Waals surface area contributed by atoms with Crippen LogP contribution in [-0.4, -0.2) is 27.1 Å². The molecule has 1 aromatic heterocycles. The lowest BCUT2D eigenvalue weighted by Crippen LogP contribution is -2.33. The molecule has 0 bridgehead atoms. The third-order valence-electron chi connectivity index (χ3n) is 2.32. The standard InChI is InChI=1S/C11H10BFN2O2S/c13-9-2-1-8(10(5-9)12(16)17)6-18-11-3-4-14-7-15-11/h1-5,7,16-17H,6H2. The molecule has 1 aromatic carbocycles. The second-order valence-corrected chi connectivity index (χ2v) is 4.55. The lowest BCUT2D eigenvalue weighted by Gasteiger charge is -2.08. The summed E-state index contributed by atoms with van der Waals surface area (Å²) in [5, 5.41) is 19.1. The number of hydrogen-bond acceptors (Lipinski definition) is 5. The van der Waals surface area contributed by atoms with Crippen molar-refractivity contribution >= 4 is 24.3 Å². The van der Waals surface area contributed by atoms with E-state index in [0.717, 1.165) is 11.1 Å². The summed E-state index contributed by atoms with van der Waals surface area (Å²) in [5.41, 5.74) is 0.839. The highest BCUT2D eigenvalue weighted by Gasteiger charge is 2.16. The maximum Gasteiger partial charge on any atom is 0.488 e. The van der Waals surface area contributed by atoms with Gasteiger partial charge >= 0.3 is 7.12 Å². The first-order valence-electron chi connectivity index (χ1n) is 5.20. The van der Waals surface area contributed by atoms with Crippen molar-refractivity contribution in [3.8, 4) is 0 Å². The van der Waals surface area contributed by atoms with E-state index < -0.39 is 12.9 Å². The fourth-order valence-electron chi connectivity index (χ4n) is 1.45. The third kappa shape index (κ3) is 3.28. The first kappa shape index (κ1) is 13.0. The molecule has 0 atom stereocenters. The van der Waals surface area contributed by atoms with E-state index in [-0.39, 0.29) is 5.46 Å². The number of aromatic nitrogens is 2. The van der Waals surface area contributed by atoms with Crippen LogP contribution in [0.5, 0.6) is 0 Å². The Morgan fingerprint density at radius 1 is 1.28 bits per heavy atom. The molecule has 0 unspecified atom stereocenters. The van der Waals surface area contributed by atoms with Gasteiger partial charge in [-0.3, -0.25) is 0 Å². The minimum Gasteiger partial charge on any atom is -0.423 e. The van der Waals surface area contributed by atoms with Gasteiger partial charge in [-0.2, -0.15) is 0 Å². The highest BCUT2D eigenvalue weighted by molar-refractivity contribution is 7.98. The maximum absolute atomic E-state index is 13.0. The second kappa shape index (κ2) is 5.95. The average molecular weight is 264 g/mol. The first-order valence-corrected chi connectivity index (χ1v) is 6.18. The monoisotopic (exact) mass is 264 g/mol. The Labute approximate surface area is 108 Å². The maximum atomic E-state index is 13.0. The molecular formula is C11H10BFN2O2S. The van der Waals surface area contributed by atoms with Gasteiger partial charge in [0.1, 0.15) is 12.1 Å². The molecule has 7 heteroatoms. The van der Waals surface area contributed by atoms with Gasteiger partial charge < -0.3 is 10.0 Å². The fraction of sp³-hybridized carbons (Fsp3) is 0.0909. The smallest absolute Gasteiger partial charge is 0.423 e. The van der Waals surface area contributed by atoms with Crippen LogP contribution in [0.25, 0.3) is 0 Å². The summed E-state index contributed by atoms with van der Waals surface area (Å²) in [6.45, 7) is 0. The summed E-state index contributed by atoms with van der Waals surface area (Å²) in [5.74, 6) is -0.0153. The molecule has 2 aromatic rings. The van der Waals surface area contributed by atoms with Gasteiger partial charge in [0.2, 0.25) is 0 Å². The molecule has 2 rings (SSSR count). The molecule has 92 valence electrons. The Bertz CT molecular complexity index is 528. The molecule has 0 radical (unpaired) electrons. The van der Waals surface area contributed by atoms with Crippen LogP contribution in [0.3, 0.4) is 0 Å².